The zero-order chi connectivity index (χ0) is 29.5. The summed E-state index contributed by atoms with van der Waals surface area (Å²) in [5.74, 6) is -1.98. The number of hydrogen-bond donors (Lipinski definition) is 3. The van der Waals surface area contributed by atoms with Gasteiger partial charge in [0.25, 0.3) is 0 Å². The number of carbonyl (C=O) groups is 3. The lowest BCUT2D eigenvalue weighted by atomic mass is 9.83. The first kappa shape index (κ1) is 29.3. The van der Waals surface area contributed by atoms with Crippen LogP contribution in [0, 0.1) is 5.92 Å². The minimum atomic E-state index is -1.16. The fraction of sp³-hybridized carbons (Fsp3) is 0.382. The summed E-state index contributed by atoms with van der Waals surface area (Å²) in [5, 5.41) is 15.3. The minimum absolute atomic E-state index is 0.0906. The topological polar surface area (TPSA) is 114 Å². The molecular formula is C34H38N2O6. The molecule has 1 fully saturated rings. The molecule has 0 radical (unpaired) electrons. The standard InChI is InChI=1S/C34H38N2O6/c1-22(41-20-23-12-4-2-5-13-23)30(32(37)35-31(33(38)39)24-14-6-3-7-15-24)36-34(40)42-21-29-27-18-10-8-16-25(27)26-17-9-11-19-28(26)29/h2,4-5,8-13,16-19,22,24,29-31H,3,6-7,14-15,20-21H2,1H3,(H,35,37)(H,36,40)(H,38,39). The third kappa shape index (κ3) is 6.82. The largest absolute Gasteiger partial charge is 0.480 e. The van der Waals surface area contributed by atoms with Gasteiger partial charge in [0.1, 0.15) is 18.7 Å². The van der Waals surface area contributed by atoms with Crippen molar-refractivity contribution in [3.05, 3.63) is 95.6 Å². The molecule has 0 aliphatic heterocycles. The lowest BCUT2D eigenvalue weighted by Crippen LogP contribution is -2.57. The van der Waals surface area contributed by atoms with Gasteiger partial charge in [-0.05, 0) is 53.5 Å². The van der Waals surface area contributed by atoms with Crippen LogP contribution in [-0.4, -0.2) is 47.9 Å². The molecule has 0 heterocycles. The Hall–Kier alpha value is -4.17. The number of carboxylic acids is 1. The Bertz CT molecular complexity index is 1340. The van der Waals surface area contributed by atoms with Gasteiger partial charge >= 0.3 is 12.1 Å². The monoisotopic (exact) mass is 570 g/mol. The van der Waals surface area contributed by atoms with E-state index >= 15 is 0 Å². The number of hydrogen-bond acceptors (Lipinski definition) is 5. The van der Waals surface area contributed by atoms with Gasteiger partial charge < -0.3 is 25.2 Å². The van der Waals surface area contributed by atoms with E-state index in [1.165, 1.54) is 0 Å². The predicted octanol–water partition coefficient (Wildman–Crippen LogP) is 5.65. The SMILES string of the molecule is CC(OCc1ccccc1)C(NC(=O)OCC1c2ccccc2-c2ccccc21)C(=O)NC(C(=O)O)C1CCCCC1. The van der Waals surface area contributed by atoms with Crippen LogP contribution in [0.5, 0.6) is 0 Å². The van der Waals surface area contributed by atoms with Gasteiger partial charge in [-0.15, -0.1) is 0 Å². The highest BCUT2D eigenvalue weighted by Gasteiger charge is 2.36. The Morgan fingerprint density at radius 2 is 1.43 bits per heavy atom. The average molecular weight is 571 g/mol. The smallest absolute Gasteiger partial charge is 0.407 e. The number of alkyl carbamates (subject to hydrolysis) is 1. The van der Waals surface area contributed by atoms with Crippen LogP contribution in [0.4, 0.5) is 4.79 Å². The molecule has 3 N–H and O–H groups in total. The van der Waals surface area contributed by atoms with E-state index in [9.17, 15) is 19.5 Å². The Labute approximate surface area is 246 Å². The number of amides is 2. The Morgan fingerprint density at radius 3 is 2.05 bits per heavy atom. The zero-order valence-corrected chi connectivity index (χ0v) is 23.8. The van der Waals surface area contributed by atoms with E-state index in [4.69, 9.17) is 9.47 Å². The quantitative estimate of drug-likeness (QED) is 0.275. The summed E-state index contributed by atoms with van der Waals surface area (Å²) in [7, 11) is 0. The van der Waals surface area contributed by atoms with Crippen molar-refractivity contribution in [2.24, 2.45) is 5.92 Å². The third-order valence-electron chi connectivity index (χ3n) is 8.41. The molecule has 0 bridgehead atoms. The second-order valence-corrected chi connectivity index (χ2v) is 11.2. The van der Waals surface area contributed by atoms with Crippen LogP contribution in [0.3, 0.4) is 0 Å². The molecule has 8 nitrogen and oxygen atoms in total. The fourth-order valence-corrected chi connectivity index (χ4v) is 6.15. The van der Waals surface area contributed by atoms with Gasteiger partial charge in [0.2, 0.25) is 5.91 Å². The minimum Gasteiger partial charge on any atom is -0.480 e. The van der Waals surface area contributed by atoms with E-state index in [-0.39, 0.29) is 25.0 Å². The summed E-state index contributed by atoms with van der Waals surface area (Å²) in [6.45, 7) is 2.00. The first-order chi connectivity index (χ1) is 20.4. The highest BCUT2D eigenvalue weighted by atomic mass is 16.5. The fourth-order valence-electron chi connectivity index (χ4n) is 6.15. The Balaban J connectivity index is 1.28. The van der Waals surface area contributed by atoms with Gasteiger partial charge in [0, 0.05) is 5.92 Å². The van der Waals surface area contributed by atoms with Crippen molar-refractivity contribution in [1.29, 1.82) is 0 Å². The number of aliphatic carboxylic acids is 1. The molecule has 0 aromatic heterocycles. The van der Waals surface area contributed by atoms with Crippen molar-refractivity contribution in [2.45, 2.75) is 69.7 Å². The molecule has 42 heavy (non-hydrogen) atoms. The lowest BCUT2D eigenvalue weighted by molar-refractivity contribution is -0.144. The first-order valence-electron chi connectivity index (χ1n) is 14.7. The van der Waals surface area contributed by atoms with Crippen LogP contribution in [-0.2, 0) is 25.7 Å². The van der Waals surface area contributed by atoms with Gasteiger partial charge in [-0.1, -0.05) is 98.1 Å². The van der Waals surface area contributed by atoms with Gasteiger partial charge in [0.15, 0.2) is 0 Å². The molecule has 220 valence electrons. The summed E-state index contributed by atoms with van der Waals surface area (Å²) in [6.07, 6.45) is 2.88. The summed E-state index contributed by atoms with van der Waals surface area (Å²) < 4.78 is 11.7. The molecule has 3 unspecified atom stereocenters. The number of ether oxygens (including phenoxy) is 2. The molecule has 2 aliphatic carbocycles. The molecule has 8 heteroatoms. The molecule has 0 spiro atoms. The number of nitrogens with one attached hydrogen (secondary N) is 2. The second kappa shape index (κ2) is 13.7. The zero-order valence-electron chi connectivity index (χ0n) is 23.8. The van der Waals surface area contributed by atoms with E-state index in [0.717, 1.165) is 59.9 Å². The molecular weight excluding hydrogens is 532 g/mol. The molecule has 1 saturated carbocycles. The van der Waals surface area contributed by atoms with Crippen molar-refractivity contribution < 1.29 is 29.0 Å². The van der Waals surface area contributed by atoms with Crippen LogP contribution >= 0.6 is 0 Å². The maximum Gasteiger partial charge on any atom is 0.407 e. The van der Waals surface area contributed by atoms with Gasteiger partial charge in [-0.25, -0.2) is 9.59 Å². The molecule has 5 rings (SSSR count). The lowest BCUT2D eigenvalue weighted by Gasteiger charge is -2.31. The number of fused-ring (bicyclic) bond motifs is 3. The van der Waals surface area contributed by atoms with Gasteiger partial charge in [0.05, 0.1) is 12.7 Å². The van der Waals surface area contributed by atoms with Crippen molar-refractivity contribution in [1.82, 2.24) is 10.6 Å². The van der Waals surface area contributed by atoms with Crippen LogP contribution in [0.15, 0.2) is 78.9 Å². The van der Waals surface area contributed by atoms with Gasteiger partial charge in [-0.2, -0.15) is 0 Å². The molecule has 2 amide bonds. The van der Waals surface area contributed by atoms with E-state index in [2.05, 4.69) is 22.8 Å². The van der Waals surface area contributed by atoms with Gasteiger partial charge in [-0.3, -0.25) is 4.79 Å². The summed E-state index contributed by atoms with van der Waals surface area (Å²) >= 11 is 0. The Kier molecular flexibility index (Phi) is 9.54. The summed E-state index contributed by atoms with van der Waals surface area (Å²) in [5.41, 5.74) is 5.30. The highest BCUT2D eigenvalue weighted by molar-refractivity contribution is 5.90. The van der Waals surface area contributed by atoms with Crippen molar-refractivity contribution >= 4 is 18.0 Å². The van der Waals surface area contributed by atoms with E-state index in [1.807, 2.05) is 66.7 Å². The average Bonchev–Trinajstić information content (AvgIpc) is 3.34. The third-order valence-corrected chi connectivity index (χ3v) is 8.41. The molecule has 3 aromatic carbocycles. The summed E-state index contributed by atoms with van der Waals surface area (Å²) in [4.78, 5) is 38.9. The molecule has 3 aromatic rings. The highest BCUT2D eigenvalue weighted by Crippen LogP contribution is 2.44. The van der Waals surface area contributed by atoms with E-state index in [0.29, 0.717) is 0 Å². The normalized spacial score (nSPS) is 16.9. The number of rotatable bonds is 11. The van der Waals surface area contributed by atoms with Crippen LogP contribution in [0.1, 0.15) is 61.6 Å². The number of carbonyl (C=O) groups excluding carboxylic acids is 2. The maximum atomic E-state index is 13.6. The van der Waals surface area contributed by atoms with Crippen LogP contribution < -0.4 is 10.6 Å². The van der Waals surface area contributed by atoms with Crippen molar-refractivity contribution in [3.63, 3.8) is 0 Å². The molecule has 2 aliphatic rings. The predicted molar refractivity (Wildman–Crippen MR) is 159 cm³/mol. The molecule has 0 saturated heterocycles. The molecule has 3 atom stereocenters. The van der Waals surface area contributed by atoms with Crippen LogP contribution in [0.2, 0.25) is 0 Å². The van der Waals surface area contributed by atoms with E-state index in [1.54, 1.807) is 6.92 Å². The Morgan fingerprint density at radius 1 is 0.833 bits per heavy atom. The van der Waals surface area contributed by atoms with Crippen molar-refractivity contribution in [3.8, 4) is 11.1 Å². The number of carboxylic acid groups (broad SMARTS) is 1. The first-order valence-corrected chi connectivity index (χ1v) is 14.7. The van der Waals surface area contributed by atoms with E-state index < -0.39 is 36.2 Å². The van der Waals surface area contributed by atoms with Crippen molar-refractivity contribution in [2.75, 3.05) is 6.61 Å². The number of benzene rings is 3. The summed E-state index contributed by atoms with van der Waals surface area (Å²) in [6, 6.07) is 23.4. The van der Waals surface area contributed by atoms with Crippen LogP contribution in [0.25, 0.3) is 11.1 Å². The maximum absolute atomic E-state index is 13.6. The second-order valence-electron chi connectivity index (χ2n) is 11.2.